The predicted octanol–water partition coefficient (Wildman–Crippen LogP) is 1.60. The first-order valence-corrected chi connectivity index (χ1v) is 11.1. The summed E-state index contributed by atoms with van der Waals surface area (Å²) >= 11 is 0. The highest BCUT2D eigenvalue weighted by atomic mass is 15.6. The summed E-state index contributed by atoms with van der Waals surface area (Å²) in [6.45, 7) is 15.5. The van der Waals surface area contributed by atoms with Crippen molar-refractivity contribution in [2.75, 3.05) is 19.6 Å². The van der Waals surface area contributed by atoms with E-state index in [4.69, 9.17) is 0 Å². The van der Waals surface area contributed by atoms with E-state index in [9.17, 15) is 0 Å². The average Bonchev–Trinajstić information content (AvgIpc) is 3.32. The van der Waals surface area contributed by atoms with Crippen LogP contribution in [0.15, 0.2) is 0 Å². The van der Waals surface area contributed by atoms with Crippen molar-refractivity contribution in [2.45, 2.75) is 85.6 Å². The molecule has 0 bridgehead atoms. The Hall–Kier alpha value is -1.94. The van der Waals surface area contributed by atoms with Crippen molar-refractivity contribution in [3.05, 3.63) is 11.6 Å². The number of aromatic nitrogens is 8. The third-order valence-corrected chi connectivity index (χ3v) is 5.62. The second-order valence-electron chi connectivity index (χ2n) is 8.40. The molecule has 0 amide bonds. The Morgan fingerprint density at radius 2 is 1.66 bits per heavy atom. The van der Waals surface area contributed by atoms with Gasteiger partial charge in [0.2, 0.25) is 0 Å². The number of nitrogens with zero attached hydrogens (tertiary/aromatic N) is 10. The van der Waals surface area contributed by atoms with Crippen LogP contribution in [0.2, 0.25) is 0 Å². The summed E-state index contributed by atoms with van der Waals surface area (Å²) in [5.41, 5.74) is 0. The van der Waals surface area contributed by atoms with Gasteiger partial charge in [0.05, 0.1) is 13.1 Å². The molecule has 1 saturated heterocycles. The van der Waals surface area contributed by atoms with Crippen LogP contribution in [-0.4, -0.2) is 75.9 Å². The van der Waals surface area contributed by atoms with E-state index in [1.54, 1.807) is 0 Å². The lowest BCUT2D eigenvalue weighted by Gasteiger charge is -2.36. The van der Waals surface area contributed by atoms with Gasteiger partial charge >= 0.3 is 0 Å². The standard InChI is InChI=1S/C19H36N10/c1-5-9-28-18(20-22-24-28)14-26-11-7-8-17(12-26)13-27(16(3)4)15-19-21-23-25-29(19)10-6-2/h16-17H,5-15H2,1-4H3/t17-/m0/s1. The van der Waals surface area contributed by atoms with Crippen molar-refractivity contribution in [1.82, 2.24) is 50.2 Å². The first kappa shape index (κ1) is 21.8. The number of hydrogen-bond donors (Lipinski definition) is 0. The largest absolute Gasteiger partial charge is 0.296 e. The fourth-order valence-corrected chi connectivity index (χ4v) is 4.06. The first-order chi connectivity index (χ1) is 14.1. The number of hydrogen-bond acceptors (Lipinski definition) is 8. The molecule has 0 N–H and O–H groups in total. The molecule has 10 heteroatoms. The molecule has 0 spiro atoms. The molecule has 10 nitrogen and oxygen atoms in total. The summed E-state index contributed by atoms with van der Waals surface area (Å²) in [7, 11) is 0. The molecule has 0 aromatic carbocycles. The Bertz CT molecular complexity index is 724. The van der Waals surface area contributed by atoms with E-state index in [2.05, 4.69) is 68.5 Å². The highest BCUT2D eigenvalue weighted by Gasteiger charge is 2.25. The number of piperidine rings is 1. The molecule has 1 aliphatic heterocycles. The van der Waals surface area contributed by atoms with E-state index in [0.717, 1.165) is 70.3 Å². The Labute approximate surface area is 173 Å². The van der Waals surface area contributed by atoms with Crippen molar-refractivity contribution in [3.8, 4) is 0 Å². The Balaban J connectivity index is 1.58. The molecule has 0 aliphatic carbocycles. The summed E-state index contributed by atoms with van der Waals surface area (Å²) in [5, 5.41) is 24.5. The minimum absolute atomic E-state index is 0.453. The minimum atomic E-state index is 0.453. The molecule has 3 rings (SSSR count). The molecule has 162 valence electrons. The quantitative estimate of drug-likeness (QED) is 0.557. The summed E-state index contributed by atoms with van der Waals surface area (Å²) in [4.78, 5) is 5.01. The van der Waals surface area contributed by atoms with E-state index in [1.807, 2.05) is 9.36 Å². The van der Waals surface area contributed by atoms with Gasteiger partial charge in [0.15, 0.2) is 11.6 Å². The van der Waals surface area contributed by atoms with Crippen LogP contribution in [-0.2, 0) is 26.2 Å². The predicted molar refractivity (Wildman–Crippen MR) is 110 cm³/mol. The van der Waals surface area contributed by atoms with Crippen LogP contribution in [0, 0.1) is 5.92 Å². The van der Waals surface area contributed by atoms with Crippen molar-refractivity contribution in [3.63, 3.8) is 0 Å². The van der Waals surface area contributed by atoms with Crippen LogP contribution < -0.4 is 0 Å². The van der Waals surface area contributed by atoms with Gasteiger partial charge in [0.25, 0.3) is 0 Å². The topological polar surface area (TPSA) is 93.7 Å². The fraction of sp³-hybridized carbons (Fsp3) is 0.895. The highest BCUT2D eigenvalue weighted by Crippen LogP contribution is 2.21. The average molecular weight is 405 g/mol. The molecule has 2 aromatic heterocycles. The third kappa shape index (κ3) is 6.02. The van der Waals surface area contributed by atoms with E-state index in [-0.39, 0.29) is 0 Å². The zero-order valence-corrected chi connectivity index (χ0v) is 18.4. The van der Waals surface area contributed by atoms with Crippen molar-refractivity contribution >= 4 is 0 Å². The number of tetrazole rings is 2. The van der Waals surface area contributed by atoms with E-state index in [0.29, 0.717) is 12.0 Å². The molecule has 2 aromatic rings. The van der Waals surface area contributed by atoms with Crippen molar-refractivity contribution in [2.24, 2.45) is 5.92 Å². The Morgan fingerprint density at radius 3 is 2.31 bits per heavy atom. The van der Waals surface area contributed by atoms with Crippen LogP contribution in [0.1, 0.15) is 65.0 Å². The monoisotopic (exact) mass is 404 g/mol. The molecule has 29 heavy (non-hydrogen) atoms. The second-order valence-corrected chi connectivity index (χ2v) is 8.40. The van der Waals surface area contributed by atoms with Gasteiger partial charge in [-0.1, -0.05) is 13.8 Å². The minimum Gasteiger partial charge on any atom is -0.296 e. The van der Waals surface area contributed by atoms with Crippen LogP contribution in [0.3, 0.4) is 0 Å². The molecule has 1 fully saturated rings. The van der Waals surface area contributed by atoms with Crippen LogP contribution >= 0.6 is 0 Å². The van der Waals surface area contributed by atoms with Crippen LogP contribution in [0.25, 0.3) is 0 Å². The first-order valence-electron chi connectivity index (χ1n) is 11.1. The van der Waals surface area contributed by atoms with E-state index < -0.39 is 0 Å². The normalized spacial score (nSPS) is 18.2. The molecule has 0 radical (unpaired) electrons. The van der Waals surface area contributed by atoms with Crippen molar-refractivity contribution in [1.29, 1.82) is 0 Å². The lowest BCUT2D eigenvalue weighted by Crippen LogP contribution is -2.43. The van der Waals surface area contributed by atoms with Gasteiger partial charge in [-0.15, -0.1) is 10.2 Å². The number of aryl methyl sites for hydroxylation is 2. The van der Waals surface area contributed by atoms with E-state index >= 15 is 0 Å². The summed E-state index contributed by atoms with van der Waals surface area (Å²) < 4.78 is 3.88. The molecular weight excluding hydrogens is 368 g/mol. The van der Waals surface area contributed by atoms with Gasteiger partial charge in [0.1, 0.15) is 0 Å². The Morgan fingerprint density at radius 1 is 1.00 bits per heavy atom. The maximum Gasteiger partial charge on any atom is 0.165 e. The lowest BCUT2D eigenvalue weighted by molar-refractivity contribution is 0.104. The van der Waals surface area contributed by atoms with Crippen LogP contribution in [0.5, 0.6) is 0 Å². The Kier molecular flexibility index (Phi) is 8.05. The molecule has 3 heterocycles. The third-order valence-electron chi connectivity index (χ3n) is 5.62. The number of likely N-dealkylation sites (tertiary alicyclic amines) is 1. The van der Waals surface area contributed by atoms with E-state index in [1.165, 1.54) is 12.8 Å². The maximum absolute atomic E-state index is 4.27. The summed E-state index contributed by atoms with van der Waals surface area (Å²) in [6.07, 6.45) is 4.56. The molecule has 1 atom stereocenters. The lowest BCUT2D eigenvalue weighted by atomic mass is 9.97. The maximum atomic E-state index is 4.27. The van der Waals surface area contributed by atoms with Gasteiger partial charge < -0.3 is 0 Å². The van der Waals surface area contributed by atoms with Gasteiger partial charge in [-0.3, -0.25) is 9.80 Å². The van der Waals surface area contributed by atoms with Crippen LogP contribution in [0.4, 0.5) is 0 Å². The SMILES string of the molecule is CCCn1nnnc1CN1CCC[C@H](CN(Cc2nnnn2CCC)C(C)C)C1. The van der Waals surface area contributed by atoms with Gasteiger partial charge in [-0.2, -0.15) is 0 Å². The van der Waals surface area contributed by atoms with Crippen molar-refractivity contribution < 1.29 is 0 Å². The van der Waals surface area contributed by atoms with Gasteiger partial charge in [-0.05, 0) is 72.8 Å². The highest BCUT2D eigenvalue weighted by molar-refractivity contribution is 4.87. The second kappa shape index (κ2) is 10.7. The molecular formula is C19H36N10. The summed E-state index contributed by atoms with van der Waals surface area (Å²) in [5.74, 6) is 2.58. The molecule has 0 saturated carbocycles. The number of rotatable bonds is 11. The molecule has 0 unspecified atom stereocenters. The molecule has 1 aliphatic rings. The smallest absolute Gasteiger partial charge is 0.165 e. The van der Waals surface area contributed by atoms with Gasteiger partial charge in [-0.25, -0.2) is 9.36 Å². The fourth-order valence-electron chi connectivity index (χ4n) is 4.06. The zero-order chi connectivity index (χ0) is 20.6. The summed E-state index contributed by atoms with van der Waals surface area (Å²) in [6, 6.07) is 0.453. The van der Waals surface area contributed by atoms with Gasteiger partial charge in [0, 0.05) is 32.2 Å². The zero-order valence-electron chi connectivity index (χ0n) is 18.4.